The lowest BCUT2D eigenvalue weighted by Gasteiger charge is -2.30. The van der Waals surface area contributed by atoms with Gasteiger partial charge in [0.2, 0.25) is 5.91 Å². The summed E-state index contributed by atoms with van der Waals surface area (Å²) in [7, 11) is 5.94. The van der Waals surface area contributed by atoms with Crippen LogP contribution in [0, 0.1) is 12.8 Å². The number of rotatable bonds is 10. The molecular weight excluding hydrogens is 524 g/mol. The molecule has 4 rings (SSSR count). The van der Waals surface area contributed by atoms with Gasteiger partial charge in [0.1, 0.15) is 12.6 Å². The quantitative estimate of drug-likeness (QED) is 0.344. The van der Waals surface area contributed by atoms with E-state index in [0.29, 0.717) is 35.4 Å². The third-order valence-electron chi connectivity index (χ3n) is 7.93. The Morgan fingerprint density at radius 1 is 1.12 bits per heavy atom. The van der Waals surface area contributed by atoms with Crippen LogP contribution in [0.25, 0.3) is 5.69 Å². The summed E-state index contributed by atoms with van der Waals surface area (Å²) < 4.78 is 13.5. The minimum absolute atomic E-state index is 0.0337. The van der Waals surface area contributed by atoms with Crippen molar-refractivity contribution in [3.63, 3.8) is 0 Å². The Balaban J connectivity index is 1.40. The number of Topliss-reactive ketones (excluding diaryl/α,β-unsaturated/α-hetero) is 1. The number of nitrogens with zero attached hydrogens (tertiary/aromatic N) is 3. The van der Waals surface area contributed by atoms with Crippen molar-refractivity contribution < 1.29 is 33.1 Å². The standard InChI is InChI=1S/C31H42N4O6/c1-19-30-27(7-6-8-28(30)37)34(33-19)23-11-14-26(31(32)39)22(16-23)15-21-9-12-24(13-10-21)41-29(38)17-25(40-20(2)36)18-35(3,4)5/h11,14,16,21,24-25H,6-10,12-13,15,17-18H2,1-5H3,(H-,32,39)/p+1. The molecule has 2 aliphatic rings. The zero-order chi connectivity index (χ0) is 29.9. The van der Waals surface area contributed by atoms with E-state index >= 15 is 0 Å². The van der Waals surface area contributed by atoms with E-state index in [-0.39, 0.29) is 24.3 Å². The Kier molecular flexibility index (Phi) is 9.31. The summed E-state index contributed by atoms with van der Waals surface area (Å²) in [6.07, 6.45) is 5.27. The average molecular weight is 568 g/mol. The Labute approximate surface area is 241 Å². The second-order valence-corrected chi connectivity index (χ2v) is 12.5. The Hall–Kier alpha value is -3.53. The molecule has 222 valence electrons. The first-order chi connectivity index (χ1) is 19.3. The molecule has 1 unspecified atom stereocenters. The number of hydrogen-bond donors (Lipinski definition) is 1. The van der Waals surface area contributed by atoms with Gasteiger partial charge in [0.15, 0.2) is 11.9 Å². The van der Waals surface area contributed by atoms with Gasteiger partial charge in [-0.25, -0.2) is 4.68 Å². The zero-order valence-electron chi connectivity index (χ0n) is 24.9. The van der Waals surface area contributed by atoms with Gasteiger partial charge in [-0.3, -0.25) is 19.2 Å². The number of esters is 2. The third kappa shape index (κ3) is 7.81. The molecular formula is C31H43N4O6+. The van der Waals surface area contributed by atoms with Gasteiger partial charge < -0.3 is 19.7 Å². The van der Waals surface area contributed by atoms with E-state index in [1.807, 2.05) is 44.9 Å². The maximum atomic E-state index is 12.7. The number of aryl methyl sites for hydroxylation is 1. The molecule has 10 heteroatoms. The molecule has 10 nitrogen and oxygen atoms in total. The van der Waals surface area contributed by atoms with Crippen molar-refractivity contribution in [1.29, 1.82) is 0 Å². The molecule has 1 aromatic heterocycles. The number of likely N-dealkylation sites (N-methyl/N-ethyl adjacent to an activating group) is 1. The topological polar surface area (TPSA) is 131 Å². The molecule has 1 amide bonds. The van der Waals surface area contributed by atoms with Crippen LogP contribution in [0.4, 0.5) is 0 Å². The van der Waals surface area contributed by atoms with E-state index in [2.05, 4.69) is 5.10 Å². The van der Waals surface area contributed by atoms with Gasteiger partial charge in [-0.2, -0.15) is 5.10 Å². The maximum Gasteiger partial charge on any atom is 0.310 e. The fourth-order valence-corrected chi connectivity index (χ4v) is 6.22. The highest BCUT2D eigenvalue weighted by molar-refractivity contribution is 5.99. The van der Waals surface area contributed by atoms with Crippen molar-refractivity contribution in [3.05, 3.63) is 46.3 Å². The van der Waals surface area contributed by atoms with Crippen LogP contribution in [0.15, 0.2) is 18.2 Å². The van der Waals surface area contributed by atoms with Gasteiger partial charge in [-0.05, 0) is 81.5 Å². The number of hydrogen-bond acceptors (Lipinski definition) is 7. The SMILES string of the molecule is CC(=O)OC(CC(=O)OC1CCC(Cc2cc(-n3nc(C)c4c3CCCC4=O)ccc2C(N)=O)CC1)C[N+](C)(C)C. The lowest BCUT2D eigenvalue weighted by molar-refractivity contribution is -0.873. The molecule has 0 bridgehead atoms. The van der Waals surface area contributed by atoms with Crippen molar-refractivity contribution >= 4 is 23.6 Å². The summed E-state index contributed by atoms with van der Waals surface area (Å²) in [5.41, 5.74) is 10.3. The van der Waals surface area contributed by atoms with Crippen LogP contribution in [-0.2, 0) is 31.9 Å². The number of ether oxygens (including phenoxy) is 2. The van der Waals surface area contributed by atoms with Crippen LogP contribution < -0.4 is 5.73 Å². The third-order valence-corrected chi connectivity index (χ3v) is 7.93. The number of amides is 1. The van der Waals surface area contributed by atoms with E-state index < -0.39 is 18.0 Å². The molecule has 1 saturated carbocycles. The average Bonchev–Trinajstić information content (AvgIpc) is 3.21. The van der Waals surface area contributed by atoms with Crippen LogP contribution in [-0.4, -0.2) is 77.8 Å². The summed E-state index contributed by atoms with van der Waals surface area (Å²) in [6, 6.07) is 5.57. The van der Waals surface area contributed by atoms with Gasteiger partial charge in [0, 0.05) is 18.9 Å². The largest absolute Gasteiger partial charge is 0.462 e. The van der Waals surface area contributed by atoms with Crippen LogP contribution in [0.3, 0.4) is 0 Å². The molecule has 0 spiro atoms. The summed E-state index contributed by atoms with van der Waals surface area (Å²) in [4.78, 5) is 49.0. The Bertz CT molecular complexity index is 1320. The lowest BCUT2D eigenvalue weighted by atomic mass is 9.82. The van der Waals surface area contributed by atoms with Crippen molar-refractivity contribution in [2.24, 2.45) is 11.7 Å². The normalized spacial score (nSPS) is 19.8. The van der Waals surface area contributed by atoms with Crippen molar-refractivity contribution in [2.45, 2.75) is 83.8 Å². The van der Waals surface area contributed by atoms with Crippen LogP contribution in [0.2, 0.25) is 0 Å². The van der Waals surface area contributed by atoms with Gasteiger partial charge in [0.05, 0.1) is 50.2 Å². The Morgan fingerprint density at radius 2 is 1.83 bits per heavy atom. The molecule has 1 aromatic carbocycles. The molecule has 1 atom stereocenters. The van der Waals surface area contributed by atoms with Crippen LogP contribution in [0.1, 0.15) is 89.5 Å². The lowest BCUT2D eigenvalue weighted by Crippen LogP contribution is -2.44. The van der Waals surface area contributed by atoms with E-state index in [0.717, 1.165) is 66.7 Å². The summed E-state index contributed by atoms with van der Waals surface area (Å²) in [5, 5.41) is 4.67. The second kappa shape index (κ2) is 12.5. The Morgan fingerprint density at radius 3 is 2.46 bits per heavy atom. The number of ketones is 1. The number of fused-ring (bicyclic) bond motifs is 1. The van der Waals surface area contributed by atoms with Crippen molar-refractivity contribution in [1.82, 2.24) is 9.78 Å². The number of aromatic nitrogens is 2. The summed E-state index contributed by atoms with van der Waals surface area (Å²) in [6.45, 7) is 3.72. The fraction of sp³-hybridized carbons (Fsp3) is 0.581. The zero-order valence-corrected chi connectivity index (χ0v) is 24.9. The first kappa shape index (κ1) is 30.4. The number of quaternary nitrogens is 1. The van der Waals surface area contributed by atoms with Gasteiger partial charge >= 0.3 is 11.9 Å². The molecule has 2 aromatic rings. The van der Waals surface area contributed by atoms with Crippen LogP contribution in [0.5, 0.6) is 0 Å². The second-order valence-electron chi connectivity index (χ2n) is 12.5. The highest BCUT2D eigenvalue weighted by atomic mass is 16.6. The molecule has 41 heavy (non-hydrogen) atoms. The fourth-order valence-electron chi connectivity index (χ4n) is 6.22. The summed E-state index contributed by atoms with van der Waals surface area (Å²) in [5.74, 6) is -0.795. The molecule has 0 saturated heterocycles. The smallest absolute Gasteiger partial charge is 0.310 e. The van der Waals surface area contributed by atoms with E-state index in [9.17, 15) is 19.2 Å². The number of nitrogens with two attached hydrogens (primary N) is 1. The van der Waals surface area contributed by atoms with Gasteiger partial charge in [-0.1, -0.05) is 0 Å². The van der Waals surface area contributed by atoms with Crippen molar-refractivity contribution in [2.75, 3.05) is 27.7 Å². The summed E-state index contributed by atoms with van der Waals surface area (Å²) >= 11 is 0. The van der Waals surface area contributed by atoms with Crippen LogP contribution >= 0.6 is 0 Å². The predicted molar refractivity (Wildman–Crippen MR) is 153 cm³/mol. The molecule has 2 aliphatic carbocycles. The monoisotopic (exact) mass is 567 g/mol. The number of carbonyl (C=O) groups is 4. The highest BCUT2D eigenvalue weighted by Crippen LogP contribution is 2.32. The van der Waals surface area contributed by atoms with Gasteiger partial charge in [-0.15, -0.1) is 0 Å². The number of primary amides is 1. The molecule has 2 N–H and O–H groups in total. The minimum atomic E-state index is -0.530. The van der Waals surface area contributed by atoms with E-state index in [1.165, 1.54) is 6.92 Å². The molecule has 1 fully saturated rings. The van der Waals surface area contributed by atoms with E-state index in [1.54, 1.807) is 6.07 Å². The van der Waals surface area contributed by atoms with E-state index in [4.69, 9.17) is 15.2 Å². The minimum Gasteiger partial charge on any atom is -0.462 e. The number of carbonyl (C=O) groups excluding carboxylic acids is 4. The first-order valence-corrected chi connectivity index (χ1v) is 14.5. The maximum absolute atomic E-state index is 12.7. The molecule has 0 aliphatic heterocycles. The highest BCUT2D eigenvalue weighted by Gasteiger charge is 2.30. The van der Waals surface area contributed by atoms with Gasteiger partial charge in [0.25, 0.3) is 0 Å². The molecule has 1 heterocycles. The molecule has 0 radical (unpaired) electrons. The van der Waals surface area contributed by atoms with Crippen molar-refractivity contribution in [3.8, 4) is 5.69 Å². The first-order valence-electron chi connectivity index (χ1n) is 14.5. The predicted octanol–water partition coefficient (Wildman–Crippen LogP) is 3.47. The number of benzene rings is 1.